The molecule has 0 radical (unpaired) electrons. The van der Waals surface area contributed by atoms with Crippen molar-refractivity contribution in [1.82, 2.24) is 19.6 Å². The van der Waals surface area contributed by atoms with Crippen molar-refractivity contribution in [3.8, 4) is 0 Å². The van der Waals surface area contributed by atoms with Gasteiger partial charge >= 0.3 is 0 Å². The Balaban J connectivity index is 1.88. The van der Waals surface area contributed by atoms with Gasteiger partial charge in [0.1, 0.15) is 5.82 Å². The second kappa shape index (κ2) is 5.52. The molecule has 0 spiro atoms. The van der Waals surface area contributed by atoms with Crippen molar-refractivity contribution in [2.75, 3.05) is 5.32 Å². The number of hydrogen-bond donors (Lipinski definition) is 1. The first-order valence-electron chi connectivity index (χ1n) is 6.11. The Bertz CT molecular complexity index is 457. The zero-order chi connectivity index (χ0) is 12.1. The lowest BCUT2D eigenvalue weighted by atomic mass is 10.4. The zero-order valence-corrected chi connectivity index (χ0v) is 10.4. The van der Waals surface area contributed by atoms with Crippen molar-refractivity contribution in [2.24, 2.45) is 0 Å². The number of hydrogen-bond acceptors (Lipinski definition) is 3. The molecule has 92 valence electrons. The number of aryl methyl sites for hydroxylation is 2. The highest BCUT2D eigenvalue weighted by Gasteiger charge is 2.00. The molecule has 2 heterocycles. The molecule has 0 atom stereocenters. The SMILES string of the molecule is CCCn1ccc(NCc2ccn(CC)n2)n1. The normalized spacial score (nSPS) is 10.7. The van der Waals surface area contributed by atoms with Gasteiger partial charge in [0, 0.05) is 31.5 Å². The molecule has 0 unspecified atom stereocenters. The van der Waals surface area contributed by atoms with Gasteiger partial charge in [-0.3, -0.25) is 9.36 Å². The highest BCUT2D eigenvalue weighted by molar-refractivity contribution is 5.32. The smallest absolute Gasteiger partial charge is 0.148 e. The van der Waals surface area contributed by atoms with Gasteiger partial charge in [-0.2, -0.15) is 10.2 Å². The minimum Gasteiger partial charge on any atom is -0.363 e. The van der Waals surface area contributed by atoms with Crippen LogP contribution in [0.5, 0.6) is 0 Å². The highest BCUT2D eigenvalue weighted by Crippen LogP contribution is 2.05. The summed E-state index contributed by atoms with van der Waals surface area (Å²) < 4.78 is 3.87. The summed E-state index contributed by atoms with van der Waals surface area (Å²) in [4.78, 5) is 0. The second-order valence-electron chi connectivity index (χ2n) is 3.98. The van der Waals surface area contributed by atoms with Crippen LogP contribution in [0.15, 0.2) is 24.5 Å². The quantitative estimate of drug-likeness (QED) is 0.831. The molecular formula is C12H19N5. The van der Waals surface area contributed by atoms with Crippen LogP contribution in [0, 0.1) is 0 Å². The van der Waals surface area contributed by atoms with Gasteiger partial charge in [-0.1, -0.05) is 6.92 Å². The molecule has 2 aromatic rings. The molecule has 2 aromatic heterocycles. The van der Waals surface area contributed by atoms with E-state index in [2.05, 4.69) is 29.4 Å². The number of nitrogens with one attached hydrogen (secondary N) is 1. The fourth-order valence-corrected chi connectivity index (χ4v) is 1.66. The van der Waals surface area contributed by atoms with Crippen molar-refractivity contribution < 1.29 is 0 Å². The summed E-state index contributed by atoms with van der Waals surface area (Å²) >= 11 is 0. The van der Waals surface area contributed by atoms with Crippen LogP contribution in [0.1, 0.15) is 26.0 Å². The molecule has 5 heteroatoms. The Kier molecular flexibility index (Phi) is 3.80. The largest absolute Gasteiger partial charge is 0.363 e. The average Bonchev–Trinajstić information content (AvgIpc) is 2.95. The minimum absolute atomic E-state index is 0.718. The van der Waals surface area contributed by atoms with Gasteiger partial charge in [-0.25, -0.2) is 0 Å². The maximum atomic E-state index is 4.41. The predicted octanol–water partition coefficient (Wildman–Crippen LogP) is 2.12. The van der Waals surface area contributed by atoms with Crippen molar-refractivity contribution in [2.45, 2.75) is 39.9 Å². The van der Waals surface area contributed by atoms with Crippen LogP contribution in [-0.4, -0.2) is 19.6 Å². The van der Waals surface area contributed by atoms with E-state index >= 15 is 0 Å². The van der Waals surface area contributed by atoms with Crippen LogP contribution in [0.4, 0.5) is 5.82 Å². The van der Waals surface area contributed by atoms with Gasteiger partial charge in [-0.15, -0.1) is 0 Å². The monoisotopic (exact) mass is 233 g/mol. The third-order valence-corrected chi connectivity index (χ3v) is 2.56. The molecule has 1 N–H and O–H groups in total. The van der Waals surface area contributed by atoms with Crippen LogP contribution >= 0.6 is 0 Å². The van der Waals surface area contributed by atoms with Crippen LogP contribution in [0.25, 0.3) is 0 Å². The first-order chi connectivity index (χ1) is 8.31. The summed E-state index contributed by atoms with van der Waals surface area (Å²) in [5.41, 5.74) is 1.04. The first-order valence-corrected chi connectivity index (χ1v) is 6.11. The van der Waals surface area contributed by atoms with Gasteiger partial charge in [0.25, 0.3) is 0 Å². The number of aromatic nitrogens is 4. The molecule has 0 saturated carbocycles. The standard InChI is InChI=1S/C12H19N5/c1-3-7-17-9-6-12(15-17)13-10-11-5-8-16(4-2)14-11/h5-6,8-9H,3-4,7,10H2,1-2H3,(H,13,15). The summed E-state index contributed by atoms with van der Waals surface area (Å²) in [7, 11) is 0. The van der Waals surface area contributed by atoms with Gasteiger partial charge in [0.05, 0.1) is 12.2 Å². The van der Waals surface area contributed by atoms with E-state index in [1.807, 2.05) is 33.9 Å². The Morgan fingerprint density at radius 3 is 2.65 bits per heavy atom. The van der Waals surface area contributed by atoms with E-state index in [-0.39, 0.29) is 0 Å². The van der Waals surface area contributed by atoms with Crippen molar-refractivity contribution >= 4 is 5.82 Å². The molecule has 0 aliphatic rings. The first kappa shape index (κ1) is 11.7. The van der Waals surface area contributed by atoms with Gasteiger partial charge in [-0.05, 0) is 19.4 Å². The topological polar surface area (TPSA) is 47.7 Å². The van der Waals surface area contributed by atoms with E-state index < -0.39 is 0 Å². The maximum absolute atomic E-state index is 4.41. The Labute approximate surface area is 101 Å². The second-order valence-corrected chi connectivity index (χ2v) is 3.98. The molecule has 2 rings (SSSR count). The minimum atomic E-state index is 0.718. The van der Waals surface area contributed by atoms with Gasteiger partial charge < -0.3 is 5.32 Å². The molecule has 0 aromatic carbocycles. The van der Waals surface area contributed by atoms with Crippen LogP contribution in [0.2, 0.25) is 0 Å². The summed E-state index contributed by atoms with van der Waals surface area (Å²) in [6, 6.07) is 4.02. The summed E-state index contributed by atoms with van der Waals surface area (Å²) in [5, 5.41) is 12.1. The maximum Gasteiger partial charge on any atom is 0.148 e. The molecule has 0 bridgehead atoms. The molecule has 0 fully saturated rings. The lowest BCUT2D eigenvalue weighted by molar-refractivity contribution is 0.603. The summed E-state index contributed by atoms with van der Waals surface area (Å²) in [6.07, 6.45) is 5.09. The predicted molar refractivity (Wildman–Crippen MR) is 67.7 cm³/mol. The van der Waals surface area contributed by atoms with Gasteiger partial charge in [0.2, 0.25) is 0 Å². The highest BCUT2D eigenvalue weighted by atomic mass is 15.3. The van der Waals surface area contributed by atoms with E-state index in [1.165, 1.54) is 0 Å². The summed E-state index contributed by atoms with van der Waals surface area (Å²) in [5.74, 6) is 0.907. The molecule has 0 aliphatic heterocycles. The Hall–Kier alpha value is -1.78. The lowest BCUT2D eigenvalue weighted by Gasteiger charge is -2.00. The number of anilines is 1. The molecule has 17 heavy (non-hydrogen) atoms. The van der Waals surface area contributed by atoms with E-state index in [1.54, 1.807) is 0 Å². The molecule has 5 nitrogen and oxygen atoms in total. The van der Waals surface area contributed by atoms with Crippen molar-refractivity contribution in [3.05, 3.63) is 30.2 Å². The Morgan fingerprint density at radius 1 is 1.12 bits per heavy atom. The zero-order valence-electron chi connectivity index (χ0n) is 10.4. The van der Waals surface area contributed by atoms with Crippen LogP contribution < -0.4 is 5.32 Å². The third kappa shape index (κ3) is 3.09. The van der Waals surface area contributed by atoms with Crippen LogP contribution in [-0.2, 0) is 19.6 Å². The van der Waals surface area contributed by atoms with E-state index in [9.17, 15) is 0 Å². The number of rotatable bonds is 6. The molecule has 0 saturated heterocycles. The summed E-state index contributed by atoms with van der Waals surface area (Å²) in [6.45, 7) is 6.82. The average molecular weight is 233 g/mol. The molecule has 0 aliphatic carbocycles. The Morgan fingerprint density at radius 2 is 1.94 bits per heavy atom. The van der Waals surface area contributed by atoms with Crippen molar-refractivity contribution in [3.63, 3.8) is 0 Å². The van der Waals surface area contributed by atoms with E-state index in [4.69, 9.17) is 0 Å². The third-order valence-electron chi connectivity index (χ3n) is 2.56. The van der Waals surface area contributed by atoms with Crippen molar-refractivity contribution in [1.29, 1.82) is 0 Å². The van der Waals surface area contributed by atoms with Gasteiger partial charge in [0.15, 0.2) is 0 Å². The lowest BCUT2D eigenvalue weighted by Crippen LogP contribution is -2.04. The fraction of sp³-hybridized carbons (Fsp3) is 0.500. The molecule has 0 amide bonds. The van der Waals surface area contributed by atoms with E-state index in [0.29, 0.717) is 0 Å². The molecular weight excluding hydrogens is 214 g/mol. The van der Waals surface area contributed by atoms with E-state index in [0.717, 1.165) is 37.6 Å². The number of nitrogens with zero attached hydrogens (tertiary/aromatic N) is 4. The fourth-order valence-electron chi connectivity index (χ4n) is 1.66. The van der Waals surface area contributed by atoms with Crippen LogP contribution in [0.3, 0.4) is 0 Å².